The van der Waals surface area contributed by atoms with Crippen LogP contribution in [0.2, 0.25) is 0 Å². The molecule has 4 nitrogen and oxygen atoms in total. The molecule has 0 amide bonds. The maximum atomic E-state index is 11.7. The van der Waals surface area contributed by atoms with Gasteiger partial charge in [-0.1, -0.05) is 12.1 Å². The van der Waals surface area contributed by atoms with E-state index in [0.717, 1.165) is 0 Å². The summed E-state index contributed by atoms with van der Waals surface area (Å²) >= 11 is 0. The number of allylic oxidation sites excluding steroid dienone is 1. The zero-order chi connectivity index (χ0) is 12.4. The molecule has 0 aliphatic heterocycles. The molecule has 0 fully saturated rings. The molecule has 0 saturated heterocycles. The molecule has 0 unspecified atom stereocenters. The van der Waals surface area contributed by atoms with Crippen molar-refractivity contribution in [2.75, 3.05) is 7.11 Å². The van der Waals surface area contributed by atoms with Gasteiger partial charge in [-0.05, 0) is 23.8 Å². The third-order valence-electron chi connectivity index (χ3n) is 2.70. The van der Waals surface area contributed by atoms with E-state index in [2.05, 4.69) is 0 Å². The number of hydrogen-bond acceptors (Lipinski definition) is 4. The van der Waals surface area contributed by atoms with Crippen molar-refractivity contribution >= 4 is 17.1 Å². The van der Waals surface area contributed by atoms with Gasteiger partial charge in [-0.15, -0.1) is 0 Å². The van der Waals surface area contributed by atoms with E-state index >= 15 is 0 Å². The number of carbonyl (C=O) groups is 2. The Morgan fingerprint density at radius 1 is 1.24 bits per heavy atom. The zero-order valence-electron chi connectivity index (χ0n) is 9.34. The van der Waals surface area contributed by atoms with Gasteiger partial charge in [-0.25, -0.2) is 0 Å². The number of ketones is 2. The fourth-order valence-corrected chi connectivity index (χ4v) is 1.72. The number of aliphatic hydroxyl groups is 1. The summed E-state index contributed by atoms with van der Waals surface area (Å²) in [5.74, 6) is 0.0432. The van der Waals surface area contributed by atoms with Crippen LogP contribution in [0.15, 0.2) is 30.3 Å². The Morgan fingerprint density at radius 2 is 1.88 bits per heavy atom. The molecule has 4 heteroatoms. The van der Waals surface area contributed by atoms with Gasteiger partial charge in [0, 0.05) is 12.0 Å². The number of hydrogen-bond donors (Lipinski definition) is 1. The van der Waals surface area contributed by atoms with Crippen molar-refractivity contribution in [1.29, 1.82) is 0 Å². The molecule has 0 radical (unpaired) electrons. The largest absolute Gasteiger partial charge is 0.497 e. The van der Waals surface area contributed by atoms with Crippen LogP contribution >= 0.6 is 0 Å². The number of aliphatic hydroxyl groups excluding tert-OH is 1. The highest BCUT2D eigenvalue weighted by molar-refractivity contribution is 6.28. The maximum Gasteiger partial charge on any atom is 0.185 e. The second kappa shape index (κ2) is 4.51. The van der Waals surface area contributed by atoms with E-state index in [1.807, 2.05) is 0 Å². The van der Waals surface area contributed by atoms with Crippen LogP contribution in [0.4, 0.5) is 0 Å². The Labute approximate surface area is 98.5 Å². The smallest absolute Gasteiger partial charge is 0.185 e. The average Bonchev–Trinajstić information content (AvgIpc) is 2.34. The molecule has 1 aliphatic carbocycles. The van der Waals surface area contributed by atoms with Gasteiger partial charge in [0.05, 0.1) is 7.11 Å². The van der Waals surface area contributed by atoms with Gasteiger partial charge in [-0.2, -0.15) is 0 Å². The molecular formula is C13H12O4. The van der Waals surface area contributed by atoms with Crippen LogP contribution in [0.3, 0.4) is 0 Å². The predicted molar refractivity (Wildman–Crippen MR) is 61.6 cm³/mol. The van der Waals surface area contributed by atoms with Crippen molar-refractivity contribution in [1.82, 2.24) is 0 Å². The van der Waals surface area contributed by atoms with Gasteiger partial charge in [0.1, 0.15) is 11.9 Å². The second-order valence-corrected chi connectivity index (χ2v) is 3.83. The van der Waals surface area contributed by atoms with Crippen LogP contribution in [0.1, 0.15) is 12.0 Å². The first kappa shape index (κ1) is 11.5. The van der Waals surface area contributed by atoms with Crippen LogP contribution in [-0.4, -0.2) is 29.9 Å². The Morgan fingerprint density at radius 3 is 2.47 bits per heavy atom. The van der Waals surface area contributed by atoms with Crippen LogP contribution in [-0.2, 0) is 9.59 Å². The monoisotopic (exact) mass is 232 g/mol. The molecule has 17 heavy (non-hydrogen) atoms. The van der Waals surface area contributed by atoms with E-state index in [9.17, 15) is 14.7 Å². The average molecular weight is 232 g/mol. The van der Waals surface area contributed by atoms with Crippen LogP contribution < -0.4 is 4.74 Å². The minimum Gasteiger partial charge on any atom is -0.497 e. The number of Topliss-reactive ketones (excluding diaryl/α,β-unsaturated/α-hetero) is 1. The Balaban J connectivity index is 2.35. The summed E-state index contributed by atoms with van der Waals surface area (Å²) in [5.41, 5.74) is 1.01. The number of benzene rings is 1. The molecule has 1 aromatic rings. The lowest BCUT2D eigenvalue weighted by atomic mass is 9.90. The highest BCUT2D eigenvalue weighted by atomic mass is 16.5. The van der Waals surface area contributed by atoms with E-state index in [1.54, 1.807) is 31.4 Å². The lowest BCUT2D eigenvalue weighted by Crippen LogP contribution is -2.27. The first-order valence-electron chi connectivity index (χ1n) is 5.23. The fraction of sp³-hybridized carbons (Fsp3) is 0.231. The Hall–Kier alpha value is -1.94. The first-order valence-corrected chi connectivity index (χ1v) is 5.23. The summed E-state index contributed by atoms with van der Waals surface area (Å²) in [4.78, 5) is 23.0. The predicted octanol–water partition coefficient (Wildman–Crippen LogP) is 0.981. The van der Waals surface area contributed by atoms with E-state index in [1.165, 1.54) is 6.08 Å². The van der Waals surface area contributed by atoms with Gasteiger partial charge >= 0.3 is 0 Å². The van der Waals surface area contributed by atoms with Crippen molar-refractivity contribution in [3.63, 3.8) is 0 Å². The number of carbonyl (C=O) groups excluding carboxylic acids is 2. The van der Waals surface area contributed by atoms with Gasteiger partial charge < -0.3 is 9.84 Å². The van der Waals surface area contributed by atoms with Gasteiger partial charge in [0.15, 0.2) is 11.6 Å². The molecule has 1 aromatic carbocycles. The molecule has 1 atom stereocenters. The van der Waals surface area contributed by atoms with E-state index in [4.69, 9.17) is 4.74 Å². The second-order valence-electron chi connectivity index (χ2n) is 3.83. The normalized spacial score (nSPS) is 20.1. The third kappa shape index (κ3) is 2.26. The number of ether oxygens (including phenoxy) is 1. The van der Waals surface area contributed by atoms with Crippen molar-refractivity contribution in [3.8, 4) is 5.75 Å². The Kier molecular flexibility index (Phi) is 3.06. The number of methoxy groups -OCH3 is 1. The quantitative estimate of drug-likeness (QED) is 0.825. The van der Waals surface area contributed by atoms with Crippen molar-refractivity contribution in [3.05, 3.63) is 35.9 Å². The van der Waals surface area contributed by atoms with Gasteiger partial charge in [-0.3, -0.25) is 9.59 Å². The zero-order valence-corrected chi connectivity index (χ0v) is 9.34. The lowest BCUT2D eigenvalue weighted by Gasteiger charge is -2.15. The van der Waals surface area contributed by atoms with Gasteiger partial charge in [0.25, 0.3) is 0 Å². The highest BCUT2D eigenvalue weighted by Gasteiger charge is 2.27. The minimum absolute atomic E-state index is 0.142. The summed E-state index contributed by atoms with van der Waals surface area (Å²) < 4.78 is 5.01. The molecular weight excluding hydrogens is 220 g/mol. The number of rotatable bonds is 2. The van der Waals surface area contributed by atoms with Gasteiger partial charge in [0.2, 0.25) is 0 Å². The van der Waals surface area contributed by atoms with Crippen LogP contribution in [0.5, 0.6) is 5.75 Å². The summed E-state index contributed by atoms with van der Waals surface area (Å²) in [6, 6.07) is 6.87. The topological polar surface area (TPSA) is 63.6 Å². The van der Waals surface area contributed by atoms with E-state index in [-0.39, 0.29) is 12.2 Å². The maximum absolute atomic E-state index is 11.7. The van der Waals surface area contributed by atoms with Crippen molar-refractivity contribution in [2.45, 2.75) is 12.5 Å². The minimum atomic E-state index is -1.19. The van der Waals surface area contributed by atoms with E-state index < -0.39 is 11.9 Å². The molecule has 88 valence electrons. The highest BCUT2D eigenvalue weighted by Crippen LogP contribution is 2.24. The van der Waals surface area contributed by atoms with E-state index in [0.29, 0.717) is 16.9 Å². The molecule has 1 N–H and O–H groups in total. The summed E-state index contributed by atoms with van der Waals surface area (Å²) in [6.07, 6.45) is -0.126. The van der Waals surface area contributed by atoms with Crippen LogP contribution in [0, 0.1) is 0 Å². The third-order valence-corrected chi connectivity index (χ3v) is 2.70. The standard InChI is InChI=1S/C13H12O4/c1-17-9-4-2-8(3-5-9)10-6-12(15)13(16)7-11(10)14/h2-6,13,16H,7H2,1H3/t13-/m1/s1. The summed E-state index contributed by atoms with van der Waals surface area (Å²) in [5, 5.41) is 9.26. The molecule has 2 rings (SSSR count). The molecule has 0 heterocycles. The summed E-state index contributed by atoms with van der Waals surface area (Å²) in [7, 11) is 1.56. The molecule has 1 aliphatic rings. The molecule has 0 spiro atoms. The Bertz CT molecular complexity index is 485. The first-order chi connectivity index (χ1) is 8.11. The lowest BCUT2D eigenvalue weighted by molar-refractivity contribution is -0.128. The van der Waals surface area contributed by atoms with Crippen molar-refractivity contribution in [2.24, 2.45) is 0 Å². The van der Waals surface area contributed by atoms with Crippen molar-refractivity contribution < 1.29 is 19.4 Å². The molecule has 0 saturated carbocycles. The SMILES string of the molecule is COc1ccc(C2=CC(=O)[C@H](O)CC2=O)cc1. The fourth-order valence-electron chi connectivity index (χ4n) is 1.72. The molecule has 0 bridgehead atoms. The molecule has 0 aromatic heterocycles. The summed E-state index contributed by atoms with van der Waals surface area (Å²) in [6.45, 7) is 0. The van der Waals surface area contributed by atoms with Crippen LogP contribution in [0.25, 0.3) is 5.57 Å².